The van der Waals surface area contributed by atoms with Crippen molar-refractivity contribution >= 4 is 23.3 Å². The van der Waals surface area contributed by atoms with Gasteiger partial charge < -0.3 is 19.8 Å². The molecule has 2 aromatic carbocycles. The van der Waals surface area contributed by atoms with Gasteiger partial charge in [0.05, 0.1) is 32.9 Å². The molecular weight excluding hydrogens is 370 g/mol. The number of nitro groups is 2. The van der Waals surface area contributed by atoms with Gasteiger partial charge in [-0.2, -0.15) is 0 Å². The van der Waals surface area contributed by atoms with Crippen LogP contribution in [0.2, 0.25) is 0 Å². The smallest absolute Gasteiger partial charge is 0.545 e. The van der Waals surface area contributed by atoms with E-state index in [0.29, 0.717) is 0 Å². The van der Waals surface area contributed by atoms with Gasteiger partial charge in [0, 0.05) is 12.1 Å². The van der Waals surface area contributed by atoms with E-state index in [1.54, 1.807) is 0 Å². The molecule has 0 amide bonds. The molecule has 0 N–H and O–H groups in total. The van der Waals surface area contributed by atoms with E-state index in [0.717, 1.165) is 24.3 Å². The molecule has 0 atom stereocenters. The maximum absolute atomic E-state index is 10.3. The number of nitrogens with zero attached hydrogens (tertiary/aromatic N) is 2. The van der Waals surface area contributed by atoms with Crippen LogP contribution in [0.5, 0.6) is 0 Å². The fourth-order valence-electron chi connectivity index (χ4n) is 1.61. The number of carbonyl (C=O) groups excluding carboxylic acids is 2. The van der Waals surface area contributed by atoms with Crippen molar-refractivity contribution < 1.29 is 88.8 Å². The molecule has 124 valence electrons. The summed E-state index contributed by atoms with van der Waals surface area (Å²) in [6, 6.07) is 10.1. The van der Waals surface area contributed by atoms with E-state index in [9.17, 15) is 40.0 Å². The van der Waals surface area contributed by atoms with Crippen LogP contribution in [0.3, 0.4) is 0 Å². The van der Waals surface area contributed by atoms with Gasteiger partial charge in [-0.3, -0.25) is 20.2 Å². The van der Waals surface area contributed by atoms with Crippen LogP contribution in [0.1, 0.15) is 20.7 Å². The van der Waals surface area contributed by atoms with E-state index in [-0.39, 0.29) is 59.1 Å². The first-order valence-corrected chi connectivity index (χ1v) is 6.15. The predicted molar refractivity (Wildman–Crippen MR) is 74.9 cm³/mol. The molecule has 0 saturated heterocycles. The zero-order valence-electron chi connectivity index (χ0n) is 13.8. The predicted octanol–water partition coefficient (Wildman–Crippen LogP) is -6.08. The first kappa shape index (κ1) is 26.4. The fourth-order valence-corrected chi connectivity index (χ4v) is 1.61. The van der Waals surface area contributed by atoms with Crippen LogP contribution in [0.25, 0.3) is 0 Å². The van der Waals surface area contributed by atoms with Gasteiger partial charge in [0.1, 0.15) is 0 Å². The Morgan fingerprint density at radius 3 is 1.12 bits per heavy atom. The van der Waals surface area contributed by atoms with E-state index in [2.05, 4.69) is 0 Å². The Kier molecular flexibility index (Phi) is 12.7. The Hall–Kier alpha value is -1.82. The van der Waals surface area contributed by atoms with Crippen molar-refractivity contribution in [2.24, 2.45) is 0 Å². The maximum atomic E-state index is 10.3. The summed E-state index contributed by atoms with van der Waals surface area (Å²) in [7, 11) is 0. The van der Waals surface area contributed by atoms with Crippen molar-refractivity contribution in [3.8, 4) is 0 Å². The summed E-state index contributed by atoms with van der Waals surface area (Å²) in [5, 5.41) is 41.1. The molecule has 0 aromatic heterocycles. The van der Waals surface area contributed by atoms with E-state index in [1.165, 1.54) is 24.3 Å². The Morgan fingerprint density at radius 1 is 0.654 bits per heavy atom. The minimum Gasteiger partial charge on any atom is -0.545 e. The third-order valence-electron chi connectivity index (χ3n) is 2.64. The molecule has 26 heavy (non-hydrogen) atoms. The molecule has 2 rings (SSSR count). The Morgan fingerprint density at radius 2 is 0.923 bits per heavy atom. The van der Waals surface area contributed by atoms with Crippen molar-refractivity contribution in [2.45, 2.75) is 0 Å². The minimum absolute atomic E-state index is 0. The zero-order chi connectivity index (χ0) is 18.3. The molecule has 0 aliphatic heterocycles. The topological polar surface area (TPSA) is 167 Å². The minimum atomic E-state index is -1.54. The summed E-state index contributed by atoms with van der Waals surface area (Å²) in [6.45, 7) is 0. The van der Waals surface area contributed by atoms with Gasteiger partial charge in [-0.1, -0.05) is 24.3 Å². The van der Waals surface area contributed by atoms with E-state index in [1.807, 2.05) is 0 Å². The van der Waals surface area contributed by atoms with Crippen LogP contribution in [0.4, 0.5) is 11.4 Å². The van der Waals surface area contributed by atoms with Crippen molar-refractivity contribution in [1.82, 2.24) is 0 Å². The average molecular weight is 378 g/mol. The van der Waals surface area contributed by atoms with Crippen LogP contribution >= 0.6 is 0 Å². The third kappa shape index (κ3) is 7.60. The second-order valence-corrected chi connectivity index (χ2v) is 4.12. The number of benzene rings is 2. The summed E-state index contributed by atoms with van der Waals surface area (Å²) in [6.07, 6.45) is 0. The first-order valence-electron chi connectivity index (χ1n) is 6.15. The first-order chi connectivity index (χ1) is 11.3. The summed E-state index contributed by atoms with van der Waals surface area (Å²) in [4.78, 5) is 39.6. The number of nitro benzene ring substituents is 2. The van der Waals surface area contributed by atoms with Crippen molar-refractivity contribution in [3.05, 3.63) is 79.9 Å². The fraction of sp³-hybridized carbons (Fsp3) is 0. The number of carboxylic acids is 2. The van der Waals surface area contributed by atoms with Crippen LogP contribution in [0.15, 0.2) is 48.5 Å². The summed E-state index contributed by atoms with van der Waals surface area (Å²) in [5.41, 5.74) is -1.69. The molecule has 10 nitrogen and oxygen atoms in total. The van der Waals surface area contributed by atoms with E-state index >= 15 is 0 Å². The number of hydrogen-bond acceptors (Lipinski definition) is 8. The van der Waals surface area contributed by atoms with Gasteiger partial charge in [0.15, 0.2) is 0 Å². The van der Waals surface area contributed by atoms with Gasteiger partial charge >= 0.3 is 59.1 Å². The van der Waals surface area contributed by atoms with Crippen LogP contribution in [-0.4, -0.2) is 21.8 Å². The Balaban J connectivity index is 0. The van der Waals surface area contributed by atoms with Gasteiger partial charge in [-0.15, -0.1) is 0 Å². The quantitative estimate of drug-likeness (QED) is 0.288. The van der Waals surface area contributed by atoms with E-state index < -0.39 is 44.3 Å². The van der Waals surface area contributed by atoms with Gasteiger partial charge in [-0.25, -0.2) is 0 Å². The normalized spacial score (nSPS) is 8.62. The van der Waals surface area contributed by atoms with Crippen LogP contribution < -0.4 is 69.3 Å². The summed E-state index contributed by atoms with van der Waals surface area (Å²) in [5.74, 6) is -3.08. The van der Waals surface area contributed by atoms with E-state index in [4.69, 9.17) is 0 Å². The molecule has 0 aliphatic rings. The number of para-hydroxylation sites is 2. The van der Waals surface area contributed by atoms with Crippen LogP contribution in [0, 0.1) is 20.2 Å². The Labute approximate surface area is 190 Å². The maximum Gasteiger partial charge on any atom is 1.00 e. The molecule has 0 unspecified atom stereocenters. The summed E-state index contributed by atoms with van der Waals surface area (Å²) < 4.78 is 0. The molecule has 0 heterocycles. The van der Waals surface area contributed by atoms with Gasteiger partial charge in [0.2, 0.25) is 0 Å². The molecule has 12 heteroatoms. The molecular formula is C14H8N2Na2O8. The molecule has 0 aliphatic carbocycles. The standard InChI is InChI=1S/2C7H5NO4.2Na/c2*9-7(10)5-3-1-2-4-6(5)8(11)12;;/h2*1-4H,(H,9,10);;/q;;2*+1/p-2. The number of hydrogen-bond donors (Lipinski definition) is 0. The number of rotatable bonds is 4. The molecule has 0 saturated carbocycles. The van der Waals surface area contributed by atoms with Gasteiger partial charge in [0.25, 0.3) is 11.4 Å². The summed E-state index contributed by atoms with van der Waals surface area (Å²) >= 11 is 0. The second kappa shape index (κ2) is 12.5. The molecule has 0 fully saturated rings. The van der Waals surface area contributed by atoms with Crippen molar-refractivity contribution in [2.75, 3.05) is 0 Å². The number of carbonyl (C=O) groups is 2. The average Bonchev–Trinajstić information content (AvgIpc) is 2.55. The third-order valence-corrected chi connectivity index (χ3v) is 2.64. The van der Waals surface area contributed by atoms with Crippen molar-refractivity contribution in [3.63, 3.8) is 0 Å². The largest absolute Gasteiger partial charge is 1.00 e. The van der Waals surface area contributed by atoms with Crippen molar-refractivity contribution in [1.29, 1.82) is 0 Å². The number of carboxylic acid groups (broad SMARTS) is 2. The SMILES string of the molecule is O=C([O-])c1ccccc1[N+](=O)[O-].O=C([O-])c1ccccc1[N+](=O)[O-].[Na+].[Na+]. The molecule has 0 bridgehead atoms. The van der Waals surface area contributed by atoms with Gasteiger partial charge in [-0.05, 0) is 12.1 Å². The van der Waals surface area contributed by atoms with Crippen LogP contribution in [-0.2, 0) is 0 Å². The Bertz CT molecular complexity index is 680. The molecule has 0 spiro atoms. The second-order valence-electron chi connectivity index (χ2n) is 4.12. The molecule has 2 aromatic rings. The number of aromatic carboxylic acids is 2. The molecule has 0 radical (unpaired) electrons. The zero-order valence-corrected chi connectivity index (χ0v) is 17.8. The monoisotopic (exact) mass is 378 g/mol.